The Bertz CT molecular complexity index is 991. The van der Waals surface area contributed by atoms with Gasteiger partial charge in [-0.15, -0.1) is 11.3 Å². The molecule has 1 atom stereocenters. The number of hydrogen-bond acceptors (Lipinski definition) is 6. The number of benzene rings is 1. The first-order valence-corrected chi connectivity index (χ1v) is 13.4. The van der Waals surface area contributed by atoms with E-state index in [2.05, 4.69) is 0 Å². The molecule has 3 aliphatic rings. The van der Waals surface area contributed by atoms with Crippen LogP contribution in [0.15, 0.2) is 64.7 Å². The van der Waals surface area contributed by atoms with Gasteiger partial charge in [0.1, 0.15) is 11.4 Å². The quantitative estimate of drug-likeness (QED) is 0.260. The number of hydrogen-bond donors (Lipinski definition) is 0. The average molecular weight is 484 g/mol. The molecule has 0 amide bonds. The first-order chi connectivity index (χ1) is 16.0. The van der Waals surface area contributed by atoms with Gasteiger partial charge in [-0.1, -0.05) is 24.3 Å². The van der Waals surface area contributed by atoms with Crippen LogP contribution in [0.5, 0.6) is 5.75 Å². The van der Waals surface area contributed by atoms with Crippen molar-refractivity contribution < 1.29 is 23.9 Å². The largest absolute Gasteiger partial charge is 0.834 e. The van der Waals surface area contributed by atoms with Crippen molar-refractivity contribution in [3.63, 3.8) is 0 Å². The summed E-state index contributed by atoms with van der Waals surface area (Å²) in [5.74, 6) is 0.264. The number of thiophene rings is 2. The molecule has 5 heterocycles. The van der Waals surface area contributed by atoms with Gasteiger partial charge in [0.2, 0.25) is 0 Å². The minimum Gasteiger partial charge on any atom is -0.834 e. The molecule has 1 unspecified atom stereocenters. The van der Waals surface area contributed by atoms with E-state index in [1.165, 1.54) is 22.7 Å². The van der Waals surface area contributed by atoms with Gasteiger partial charge in [0.15, 0.2) is 0 Å². The van der Waals surface area contributed by atoms with Crippen LogP contribution >= 0.6 is 22.7 Å². The van der Waals surface area contributed by atoms with E-state index in [-0.39, 0.29) is 0 Å². The Labute approximate surface area is 202 Å². The fraction of sp³-hybridized carbons (Fsp3) is 0.423. The number of para-hydroxylation sites is 1. The van der Waals surface area contributed by atoms with Gasteiger partial charge in [0.25, 0.3) is 0 Å². The van der Waals surface area contributed by atoms with Crippen molar-refractivity contribution in [1.82, 2.24) is 0 Å². The van der Waals surface area contributed by atoms with Crippen LogP contribution in [0.25, 0.3) is 0 Å². The Hall–Kier alpha value is -2.19. The second kappa shape index (κ2) is 9.22. The molecule has 1 aromatic carbocycles. The number of esters is 1. The van der Waals surface area contributed by atoms with Crippen LogP contribution in [0, 0.1) is 0 Å². The fourth-order valence-corrected chi connectivity index (χ4v) is 6.72. The summed E-state index contributed by atoms with van der Waals surface area (Å²) >= 11 is 2.75. The van der Waals surface area contributed by atoms with Gasteiger partial charge in [-0.2, -0.15) is 11.3 Å². The Morgan fingerprint density at radius 1 is 1.03 bits per heavy atom. The average Bonchev–Trinajstić information content (AvgIpc) is 3.59. The Morgan fingerprint density at radius 2 is 1.79 bits per heavy atom. The second-order valence-electron chi connectivity index (χ2n) is 9.24. The predicted octanol–water partition coefficient (Wildman–Crippen LogP) is 4.18. The number of rotatable bonds is 9. The van der Waals surface area contributed by atoms with Crippen LogP contribution in [-0.2, 0) is 15.1 Å². The van der Waals surface area contributed by atoms with E-state index >= 15 is 0 Å². The molecule has 3 aromatic rings. The standard InChI is InChI=1S/C26H29NO4S2/c28-24(26(29,21-9-19-32-20-21)23-8-4-18-33-23)31-25-10-14-27(15-11-25,16-12-25)13-5-17-30-22-6-2-1-3-7-22/h1-4,6-9,18-20H,5,10-17H2. The third-order valence-corrected chi connectivity index (χ3v) is 8.96. The highest BCUT2D eigenvalue weighted by atomic mass is 32.1. The number of carbonyl (C=O) groups excluding carboxylic acids is 1. The highest BCUT2D eigenvalue weighted by Gasteiger charge is 2.52. The third-order valence-electron chi connectivity index (χ3n) is 7.31. The van der Waals surface area contributed by atoms with E-state index in [1.807, 2.05) is 47.2 Å². The lowest BCUT2D eigenvalue weighted by atomic mass is 9.80. The predicted molar refractivity (Wildman–Crippen MR) is 128 cm³/mol. The molecule has 6 rings (SSSR count). The topological polar surface area (TPSA) is 58.6 Å². The summed E-state index contributed by atoms with van der Waals surface area (Å²) in [5.41, 5.74) is -2.01. The van der Waals surface area contributed by atoms with Crippen LogP contribution in [0.4, 0.5) is 0 Å². The van der Waals surface area contributed by atoms with Gasteiger partial charge >= 0.3 is 5.97 Å². The molecule has 3 saturated heterocycles. The molecule has 0 aliphatic carbocycles. The third kappa shape index (κ3) is 4.47. The molecule has 5 nitrogen and oxygen atoms in total. The van der Waals surface area contributed by atoms with Crippen molar-refractivity contribution in [1.29, 1.82) is 0 Å². The molecule has 2 bridgehead atoms. The Morgan fingerprint density at radius 3 is 2.42 bits per heavy atom. The second-order valence-corrected chi connectivity index (χ2v) is 11.0. The maximum Gasteiger partial charge on any atom is 0.305 e. The van der Waals surface area contributed by atoms with Gasteiger partial charge in [-0.3, -0.25) is 4.79 Å². The highest BCUT2D eigenvalue weighted by Crippen LogP contribution is 2.42. The summed E-state index contributed by atoms with van der Waals surface area (Å²) in [7, 11) is 0. The monoisotopic (exact) mass is 483 g/mol. The summed E-state index contributed by atoms with van der Waals surface area (Å²) in [5, 5.41) is 19.4. The van der Waals surface area contributed by atoms with Gasteiger partial charge in [0.05, 0.1) is 38.4 Å². The summed E-state index contributed by atoms with van der Waals surface area (Å²) in [6.45, 7) is 4.75. The van der Waals surface area contributed by atoms with Crippen molar-refractivity contribution >= 4 is 28.6 Å². The first-order valence-electron chi connectivity index (χ1n) is 11.6. The number of carbonyl (C=O) groups is 1. The highest BCUT2D eigenvalue weighted by molar-refractivity contribution is 7.10. The zero-order valence-electron chi connectivity index (χ0n) is 18.6. The first kappa shape index (κ1) is 22.6. The lowest BCUT2D eigenvalue weighted by Crippen LogP contribution is -2.66. The molecule has 7 heteroatoms. The molecule has 0 N–H and O–H groups in total. The molecule has 2 aromatic heterocycles. The van der Waals surface area contributed by atoms with Crippen LogP contribution in [0.1, 0.15) is 36.1 Å². The molecule has 3 aliphatic heterocycles. The molecule has 0 saturated carbocycles. The van der Waals surface area contributed by atoms with Crippen molar-refractivity contribution in [3.8, 4) is 5.75 Å². The van der Waals surface area contributed by atoms with E-state index in [0.29, 0.717) is 17.0 Å². The molecular weight excluding hydrogens is 454 g/mol. The van der Waals surface area contributed by atoms with Crippen LogP contribution in [0.2, 0.25) is 0 Å². The van der Waals surface area contributed by atoms with Gasteiger partial charge in [-0.05, 0) is 46.0 Å². The van der Waals surface area contributed by atoms with Crippen LogP contribution in [-0.4, -0.2) is 48.8 Å². The Kier molecular flexibility index (Phi) is 6.31. The lowest BCUT2D eigenvalue weighted by Gasteiger charge is -2.55. The molecule has 0 radical (unpaired) electrons. The van der Waals surface area contributed by atoms with Crippen molar-refractivity contribution in [2.45, 2.75) is 36.9 Å². The smallest absolute Gasteiger partial charge is 0.305 e. The molecular formula is C26H29NO4S2. The van der Waals surface area contributed by atoms with E-state index in [4.69, 9.17) is 9.47 Å². The Balaban J connectivity index is 1.20. The number of nitrogens with zero attached hydrogens (tertiary/aromatic N) is 1. The normalized spacial score (nSPS) is 26.0. The summed E-state index contributed by atoms with van der Waals surface area (Å²) < 4.78 is 13.1. The number of ether oxygens (including phenoxy) is 2. The number of quaternary nitrogens is 1. The van der Waals surface area contributed by atoms with E-state index in [1.54, 1.807) is 17.5 Å². The van der Waals surface area contributed by atoms with Gasteiger partial charge < -0.3 is 19.1 Å². The number of piperidine rings is 3. The maximum absolute atomic E-state index is 14.0. The van der Waals surface area contributed by atoms with E-state index < -0.39 is 17.2 Å². The molecule has 0 spiro atoms. The molecule has 3 fully saturated rings. The van der Waals surface area contributed by atoms with Gasteiger partial charge in [-0.25, -0.2) is 0 Å². The van der Waals surface area contributed by atoms with Crippen molar-refractivity contribution in [2.24, 2.45) is 0 Å². The summed E-state index contributed by atoms with van der Waals surface area (Å²) in [4.78, 5) is 13.9. The summed E-state index contributed by atoms with van der Waals surface area (Å²) in [6, 6.07) is 15.2. The van der Waals surface area contributed by atoms with Crippen molar-refractivity contribution in [2.75, 3.05) is 32.8 Å². The summed E-state index contributed by atoms with van der Waals surface area (Å²) in [6.07, 6.45) is 3.47. The fourth-order valence-electron chi connectivity index (χ4n) is 5.20. The van der Waals surface area contributed by atoms with Crippen LogP contribution in [0.3, 0.4) is 0 Å². The molecule has 33 heavy (non-hydrogen) atoms. The minimum absolute atomic E-state index is 0.478. The van der Waals surface area contributed by atoms with E-state index in [9.17, 15) is 9.90 Å². The van der Waals surface area contributed by atoms with Crippen LogP contribution < -0.4 is 9.84 Å². The van der Waals surface area contributed by atoms with Gasteiger partial charge in [0, 0.05) is 30.6 Å². The maximum atomic E-state index is 14.0. The molecule has 174 valence electrons. The number of fused-ring (bicyclic) bond motifs is 3. The zero-order valence-corrected chi connectivity index (χ0v) is 20.2. The van der Waals surface area contributed by atoms with E-state index in [0.717, 1.165) is 62.1 Å². The zero-order chi connectivity index (χ0) is 22.8. The van der Waals surface area contributed by atoms with Crippen molar-refractivity contribution in [3.05, 3.63) is 75.1 Å². The minimum atomic E-state index is -1.99. The lowest BCUT2D eigenvalue weighted by molar-refractivity contribution is -0.945. The SMILES string of the molecule is O=C(OC12CC[N+](CCCOc3ccccc3)(CC1)CC2)C([O-])(c1ccsc1)c1cccs1.